The predicted molar refractivity (Wildman–Crippen MR) is 132 cm³/mol. The van der Waals surface area contributed by atoms with Gasteiger partial charge in [0.25, 0.3) is 0 Å². The molecule has 1 N–H and O–H groups in total. The summed E-state index contributed by atoms with van der Waals surface area (Å²) in [5.74, 6) is -0.0790. The summed E-state index contributed by atoms with van der Waals surface area (Å²) in [4.78, 5) is 25.7. The molecule has 0 atom stereocenters. The highest BCUT2D eigenvalue weighted by Gasteiger charge is 2.19. The van der Waals surface area contributed by atoms with E-state index in [4.69, 9.17) is 4.74 Å². The van der Waals surface area contributed by atoms with E-state index >= 15 is 0 Å². The molecule has 1 heterocycles. The summed E-state index contributed by atoms with van der Waals surface area (Å²) >= 11 is 0. The fourth-order valence-electron chi connectivity index (χ4n) is 4.13. The lowest BCUT2D eigenvalue weighted by molar-refractivity contribution is -0.385. The van der Waals surface area contributed by atoms with Crippen LogP contribution in [0.3, 0.4) is 0 Å². The molecular formula is C27H29N3O4. The standard InChI is InChI=1S/C27H29N3O4/c1-20-4-10-23(11-5-20)24-12-13-26(25(18-24)30(32)33)34-27(31)28-15-14-21-6-8-22(9-7-21)19-29-16-2-3-17-29/h4-13,18H,2-3,14-17,19H2,1H3,(H,28,31). The van der Waals surface area contributed by atoms with Crippen LogP contribution in [-0.4, -0.2) is 35.6 Å². The maximum Gasteiger partial charge on any atom is 0.412 e. The number of benzene rings is 3. The monoisotopic (exact) mass is 459 g/mol. The lowest BCUT2D eigenvalue weighted by Gasteiger charge is -2.14. The van der Waals surface area contributed by atoms with Crippen LogP contribution in [0.2, 0.25) is 0 Å². The van der Waals surface area contributed by atoms with Gasteiger partial charge in [0, 0.05) is 19.2 Å². The highest BCUT2D eigenvalue weighted by atomic mass is 16.6. The average molecular weight is 460 g/mol. The zero-order valence-electron chi connectivity index (χ0n) is 19.3. The first-order valence-electron chi connectivity index (χ1n) is 11.6. The summed E-state index contributed by atoms with van der Waals surface area (Å²) < 4.78 is 5.25. The Morgan fingerprint density at radius 3 is 2.29 bits per heavy atom. The van der Waals surface area contributed by atoms with E-state index in [2.05, 4.69) is 34.5 Å². The van der Waals surface area contributed by atoms with Crippen LogP contribution < -0.4 is 10.1 Å². The second-order valence-electron chi connectivity index (χ2n) is 8.67. The van der Waals surface area contributed by atoms with E-state index in [0.29, 0.717) is 18.5 Å². The van der Waals surface area contributed by atoms with Gasteiger partial charge in [-0.05, 0) is 67.6 Å². The highest BCUT2D eigenvalue weighted by Crippen LogP contribution is 2.32. The van der Waals surface area contributed by atoms with Crippen molar-refractivity contribution in [2.45, 2.75) is 32.7 Å². The van der Waals surface area contributed by atoms with Crippen LogP contribution >= 0.6 is 0 Å². The minimum atomic E-state index is -0.711. The highest BCUT2D eigenvalue weighted by molar-refractivity contribution is 5.74. The summed E-state index contributed by atoms with van der Waals surface area (Å²) in [6, 6.07) is 20.7. The molecule has 0 aromatic heterocycles. The molecule has 3 aromatic carbocycles. The topological polar surface area (TPSA) is 84.7 Å². The van der Waals surface area contributed by atoms with E-state index in [0.717, 1.165) is 23.2 Å². The summed E-state index contributed by atoms with van der Waals surface area (Å²) in [5, 5.41) is 14.2. The summed E-state index contributed by atoms with van der Waals surface area (Å²) in [6.45, 7) is 5.67. The predicted octanol–water partition coefficient (Wildman–Crippen LogP) is 5.50. The van der Waals surface area contributed by atoms with Gasteiger partial charge in [0.15, 0.2) is 0 Å². The molecular weight excluding hydrogens is 430 g/mol. The van der Waals surface area contributed by atoms with E-state index in [-0.39, 0.29) is 11.4 Å². The van der Waals surface area contributed by atoms with Crippen molar-refractivity contribution in [2.24, 2.45) is 0 Å². The quantitative estimate of drug-likeness (QED) is 0.355. The van der Waals surface area contributed by atoms with Crippen LogP contribution in [0.1, 0.15) is 29.5 Å². The van der Waals surface area contributed by atoms with Gasteiger partial charge in [-0.15, -0.1) is 0 Å². The molecule has 1 aliphatic rings. The molecule has 0 unspecified atom stereocenters. The van der Waals surface area contributed by atoms with Crippen molar-refractivity contribution in [3.8, 4) is 16.9 Å². The number of nitro groups is 1. The first kappa shape index (κ1) is 23.4. The number of aryl methyl sites for hydroxylation is 1. The lowest BCUT2D eigenvalue weighted by Crippen LogP contribution is -2.29. The molecule has 0 saturated carbocycles. The van der Waals surface area contributed by atoms with Crippen molar-refractivity contribution in [1.82, 2.24) is 10.2 Å². The third-order valence-electron chi connectivity index (χ3n) is 6.05. The number of carbonyl (C=O) groups is 1. The Balaban J connectivity index is 1.30. The number of likely N-dealkylation sites (tertiary alicyclic amines) is 1. The van der Waals surface area contributed by atoms with Crippen molar-refractivity contribution in [3.63, 3.8) is 0 Å². The Labute approximate surface area is 199 Å². The molecule has 0 aliphatic carbocycles. The Hall–Kier alpha value is -3.71. The van der Waals surface area contributed by atoms with Gasteiger partial charge < -0.3 is 10.1 Å². The van der Waals surface area contributed by atoms with E-state index < -0.39 is 11.0 Å². The lowest BCUT2D eigenvalue weighted by atomic mass is 10.0. The number of carbonyl (C=O) groups excluding carboxylic acids is 1. The first-order chi connectivity index (χ1) is 16.5. The van der Waals surface area contributed by atoms with Gasteiger partial charge >= 0.3 is 11.8 Å². The molecule has 0 spiro atoms. The van der Waals surface area contributed by atoms with Crippen LogP contribution in [0.15, 0.2) is 66.7 Å². The molecule has 34 heavy (non-hydrogen) atoms. The molecule has 1 amide bonds. The van der Waals surface area contributed by atoms with Crippen molar-refractivity contribution in [2.75, 3.05) is 19.6 Å². The van der Waals surface area contributed by atoms with Crippen LogP contribution in [0.4, 0.5) is 10.5 Å². The molecule has 7 nitrogen and oxygen atoms in total. The van der Waals surface area contributed by atoms with E-state index in [1.54, 1.807) is 6.07 Å². The SMILES string of the molecule is Cc1ccc(-c2ccc(OC(=O)NCCc3ccc(CN4CCCC4)cc3)c([N+](=O)[O-])c2)cc1. The molecule has 0 bridgehead atoms. The normalized spacial score (nSPS) is 13.6. The summed E-state index contributed by atoms with van der Waals surface area (Å²) in [6.07, 6.45) is 2.49. The molecule has 1 fully saturated rings. The average Bonchev–Trinajstić information content (AvgIpc) is 3.34. The van der Waals surface area contributed by atoms with Gasteiger partial charge in [-0.3, -0.25) is 15.0 Å². The number of nitrogens with one attached hydrogen (secondary N) is 1. The van der Waals surface area contributed by atoms with Crippen molar-refractivity contribution in [3.05, 3.63) is 93.5 Å². The van der Waals surface area contributed by atoms with Gasteiger partial charge in [-0.25, -0.2) is 4.79 Å². The fourth-order valence-corrected chi connectivity index (χ4v) is 4.13. The maximum absolute atomic E-state index is 12.3. The summed E-state index contributed by atoms with van der Waals surface area (Å²) in [7, 11) is 0. The van der Waals surface area contributed by atoms with Crippen LogP contribution in [0.5, 0.6) is 5.75 Å². The molecule has 7 heteroatoms. The maximum atomic E-state index is 12.3. The van der Waals surface area contributed by atoms with Crippen LogP contribution in [0.25, 0.3) is 11.1 Å². The third kappa shape index (κ3) is 6.20. The number of nitrogens with zero attached hydrogens (tertiary/aromatic N) is 2. The molecule has 0 radical (unpaired) electrons. The van der Waals surface area contributed by atoms with Gasteiger partial charge in [-0.1, -0.05) is 60.2 Å². The van der Waals surface area contributed by atoms with Crippen molar-refractivity contribution >= 4 is 11.8 Å². The number of rotatable bonds is 8. The molecule has 176 valence electrons. The second-order valence-corrected chi connectivity index (χ2v) is 8.67. The third-order valence-corrected chi connectivity index (χ3v) is 6.05. The smallest absolute Gasteiger partial charge is 0.403 e. The Kier molecular flexibility index (Phi) is 7.54. The summed E-state index contributed by atoms with van der Waals surface area (Å²) in [5.41, 5.74) is 4.80. The van der Waals surface area contributed by atoms with Crippen LogP contribution in [0, 0.1) is 17.0 Å². The molecule has 4 rings (SSSR count). The fraction of sp³-hybridized carbons (Fsp3) is 0.296. The molecule has 1 aliphatic heterocycles. The van der Waals surface area contributed by atoms with E-state index in [1.807, 2.05) is 31.2 Å². The Morgan fingerprint density at radius 2 is 1.62 bits per heavy atom. The number of hydrogen-bond acceptors (Lipinski definition) is 5. The minimum absolute atomic E-state index is 0.0790. The molecule has 3 aromatic rings. The minimum Gasteiger partial charge on any atom is -0.403 e. The number of hydrogen-bond donors (Lipinski definition) is 1. The largest absolute Gasteiger partial charge is 0.412 e. The number of ether oxygens (including phenoxy) is 1. The number of amides is 1. The van der Waals surface area contributed by atoms with Gasteiger partial charge in [-0.2, -0.15) is 0 Å². The van der Waals surface area contributed by atoms with Crippen LogP contribution in [-0.2, 0) is 13.0 Å². The van der Waals surface area contributed by atoms with Gasteiger partial charge in [0.05, 0.1) is 4.92 Å². The first-order valence-corrected chi connectivity index (χ1v) is 11.6. The van der Waals surface area contributed by atoms with Crippen molar-refractivity contribution < 1.29 is 14.5 Å². The zero-order valence-corrected chi connectivity index (χ0v) is 19.3. The Bertz CT molecular complexity index is 1140. The van der Waals surface area contributed by atoms with Gasteiger partial charge in [0.2, 0.25) is 5.75 Å². The van der Waals surface area contributed by atoms with E-state index in [1.165, 1.54) is 43.6 Å². The zero-order chi connectivity index (χ0) is 23.9. The number of nitro benzene ring substituents is 1. The van der Waals surface area contributed by atoms with Gasteiger partial charge in [0.1, 0.15) is 0 Å². The second kappa shape index (κ2) is 10.9. The van der Waals surface area contributed by atoms with E-state index in [9.17, 15) is 14.9 Å². The van der Waals surface area contributed by atoms with Crippen molar-refractivity contribution in [1.29, 1.82) is 0 Å². The Morgan fingerprint density at radius 1 is 0.971 bits per heavy atom. The molecule has 1 saturated heterocycles.